The van der Waals surface area contributed by atoms with Crippen molar-refractivity contribution in [2.45, 2.75) is 31.7 Å². The molecule has 25 heavy (non-hydrogen) atoms. The molecular formula is C20H22O5. The largest absolute Gasteiger partial charge is 0.491 e. The van der Waals surface area contributed by atoms with Crippen LogP contribution in [0.4, 0.5) is 0 Å². The van der Waals surface area contributed by atoms with Gasteiger partial charge in [0.2, 0.25) is 0 Å². The Balaban J connectivity index is 1.41. The lowest BCUT2D eigenvalue weighted by Gasteiger charge is -2.26. The molecule has 2 saturated heterocycles. The van der Waals surface area contributed by atoms with E-state index in [1.165, 1.54) is 11.1 Å². The number of hydrogen-bond donors (Lipinski definition) is 0. The van der Waals surface area contributed by atoms with Gasteiger partial charge in [0.15, 0.2) is 0 Å². The molecule has 2 aromatic carbocycles. The lowest BCUT2D eigenvalue weighted by atomic mass is 9.78. The summed E-state index contributed by atoms with van der Waals surface area (Å²) >= 11 is 0. The molecule has 0 amide bonds. The number of rotatable bonds is 8. The summed E-state index contributed by atoms with van der Waals surface area (Å²) in [5, 5.41) is 0. The lowest BCUT2D eigenvalue weighted by Crippen LogP contribution is -2.18. The average molecular weight is 342 g/mol. The van der Waals surface area contributed by atoms with Crippen molar-refractivity contribution in [3.05, 3.63) is 59.7 Å². The second-order valence-electron chi connectivity index (χ2n) is 6.87. The Morgan fingerprint density at radius 1 is 0.840 bits per heavy atom. The van der Waals surface area contributed by atoms with Gasteiger partial charge in [-0.05, 0) is 35.4 Å². The zero-order valence-electron chi connectivity index (χ0n) is 14.4. The number of benzene rings is 2. The molecular weight excluding hydrogens is 320 g/mol. The Morgan fingerprint density at radius 3 is 1.76 bits per heavy atom. The highest BCUT2D eigenvalue weighted by Crippen LogP contribution is 2.33. The van der Waals surface area contributed by atoms with Gasteiger partial charge < -0.3 is 14.2 Å². The van der Waals surface area contributed by atoms with Crippen LogP contribution in [-0.4, -0.2) is 32.2 Å². The van der Waals surface area contributed by atoms with Crippen LogP contribution in [0.3, 0.4) is 0 Å². The molecule has 0 spiro atoms. The first-order valence-corrected chi connectivity index (χ1v) is 8.52. The van der Waals surface area contributed by atoms with E-state index in [4.69, 9.17) is 14.2 Å². The van der Waals surface area contributed by atoms with Crippen molar-refractivity contribution in [3.8, 4) is 11.5 Å². The highest BCUT2D eigenvalue weighted by Gasteiger charge is 2.27. The molecule has 2 aliphatic rings. The maximum absolute atomic E-state index is 5.71. The van der Waals surface area contributed by atoms with E-state index in [1.54, 1.807) is 0 Å². The lowest BCUT2D eigenvalue weighted by molar-refractivity contribution is 0.0850. The maximum Gasteiger partial charge on any atom is 0.258 e. The molecule has 132 valence electrons. The SMILES string of the molecule is CC(C)(c1ccc(OCC2CO2)cc1)c1ccc(OCC2OO2)cc1. The first-order valence-electron chi connectivity index (χ1n) is 8.52. The van der Waals surface area contributed by atoms with E-state index in [2.05, 4.69) is 47.9 Å². The van der Waals surface area contributed by atoms with Crippen molar-refractivity contribution in [2.75, 3.05) is 19.8 Å². The predicted molar refractivity (Wildman–Crippen MR) is 91.7 cm³/mol. The molecule has 2 aromatic rings. The maximum atomic E-state index is 5.71. The van der Waals surface area contributed by atoms with Crippen molar-refractivity contribution < 1.29 is 24.0 Å². The van der Waals surface area contributed by atoms with Crippen LogP contribution in [-0.2, 0) is 19.9 Å². The Kier molecular flexibility index (Phi) is 4.37. The van der Waals surface area contributed by atoms with Crippen LogP contribution < -0.4 is 9.47 Å². The molecule has 0 bridgehead atoms. The molecule has 2 heterocycles. The topological polar surface area (TPSA) is 56.0 Å². The van der Waals surface area contributed by atoms with Gasteiger partial charge in [-0.1, -0.05) is 38.1 Å². The van der Waals surface area contributed by atoms with Crippen molar-refractivity contribution in [1.82, 2.24) is 0 Å². The van der Waals surface area contributed by atoms with Crippen LogP contribution in [0.1, 0.15) is 25.0 Å². The van der Waals surface area contributed by atoms with Crippen molar-refractivity contribution in [3.63, 3.8) is 0 Å². The third kappa shape index (κ3) is 4.12. The molecule has 1 atom stereocenters. The van der Waals surface area contributed by atoms with Gasteiger partial charge in [0.05, 0.1) is 6.61 Å². The van der Waals surface area contributed by atoms with Crippen LogP contribution in [0.5, 0.6) is 11.5 Å². The van der Waals surface area contributed by atoms with E-state index in [0.29, 0.717) is 13.2 Å². The smallest absolute Gasteiger partial charge is 0.258 e. The Labute approximate surface area is 147 Å². The van der Waals surface area contributed by atoms with Crippen molar-refractivity contribution in [2.24, 2.45) is 0 Å². The summed E-state index contributed by atoms with van der Waals surface area (Å²) < 4.78 is 16.5. The van der Waals surface area contributed by atoms with Crippen LogP contribution in [0.2, 0.25) is 0 Å². The average Bonchev–Trinajstić information content (AvgIpc) is 3.54. The summed E-state index contributed by atoms with van der Waals surface area (Å²) in [5.74, 6) is 1.69. The molecule has 0 N–H and O–H groups in total. The fourth-order valence-corrected chi connectivity index (χ4v) is 2.71. The molecule has 2 aliphatic heterocycles. The second-order valence-corrected chi connectivity index (χ2v) is 6.87. The van der Waals surface area contributed by atoms with Crippen LogP contribution in [0.15, 0.2) is 48.5 Å². The van der Waals surface area contributed by atoms with Gasteiger partial charge in [-0.2, -0.15) is 9.78 Å². The number of hydrogen-bond acceptors (Lipinski definition) is 5. The summed E-state index contributed by atoms with van der Waals surface area (Å²) in [6.45, 7) is 6.27. The van der Waals surface area contributed by atoms with Gasteiger partial charge in [0, 0.05) is 5.41 Å². The van der Waals surface area contributed by atoms with Crippen LogP contribution in [0, 0.1) is 0 Å². The molecule has 4 rings (SSSR count). The number of ether oxygens (including phenoxy) is 3. The third-order valence-electron chi connectivity index (χ3n) is 4.61. The van der Waals surface area contributed by atoms with E-state index >= 15 is 0 Å². The molecule has 0 saturated carbocycles. The standard InChI is InChI=1S/C20H22O5/c1-20(2,14-3-7-16(8-4-14)21-11-18-12-22-18)15-5-9-17(10-6-15)23-13-19-24-25-19/h3-10,18-19H,11-13H2,1-2H3. The van der Waals surface area contributed by atoms with Gasteiger partial charge in [-0.25, -0.2) is 0 Å². The molecule has 0 aromatic heterocycles. The molecule has 5 heteroatoms. The van der Waals surface area contributed by atoms with Gasteiger partial charge in [-0.3, -0.25) is 0 Å². The zero-order chi connectivity index (χ0) is 17.3. The summed E-state index contributed by atoms with van der Waals surface area (Å²) in [6.07, 6.45) is 0.0539. The van der Waals surface area contributed by atoms with Gasteiger partial charge >= 0.3 is 0 Å². The van der Waals surface area contributed by atoms with Gasteiger partial charge in [0.1, 0.15) is 30.8 Å². The highest BCUT2D eigenvalue weighted by atomic mass is 17.4. The molecule has 5 nitrogen and oxygen atoms in total. The Bertz CT molecular complexity index is 638. The molecule has 0 aliphatic carbocycles. The monoisotopic (exact) mass is 342 g/mol. The molecule has 1 unspecified atom stereocenters. The summed E-state index contributed by atoms with van der Waals surface area (Å²) in [7, 11) is 0. The normalized spacial score (nSPS) is 19.5. The van der Waals surface area contributed by atoms with Crippen molar-refractivity contribution in [1.29, 1.82) is 0 Å². The Morgan fingerprint density at radius 2 is 1.32 bits per heavy atom. The van der Waals surface area contributed by atoms with E-state index in [1.807, 2.05) is 24.3 Å². The summed E-state index contributed by atoms with van der Waals surface area (Å²) in [4.78, 5) is 9.33. The zero-order valence-corrected chi connectivity index (χ0v) is 14.4. The van der Waals surface area contributed by atoms with Gasteiger partial charge in [0.25, 0.3) is 6.29 Å². The predicted octanol–water partition coefficient (Wildman–Crippen LogP) is 3.46. The fraction of sp³-hybridized carbons (Fsp3) is 0.400. The molecule has 2 fully saturated rings. The Hall–Kier alpha value is -2.08. The first kappa shape index (κ1) is 16.4. The van der Waals surface area contributed by atoms with E-state index < -0.39 is 0 Å². The van der Waals surface area contributed by atoms with Crippen LogP contribution >= 0.6 is 0 Å². The van der Waals surface area contributed by atoms with Crippen molar-refractivity contribution >= 4 is 0 Å². The van der Waals surface area contributed by atoms with E-state index in [0.717, 1.165) is 18.1 Å². The van der Waals surface area contributed by atoms with Gasteiger partial charge in [-0.15, -0.1) is 0 Å². The third-order valence-corrected chi connectivity index (χ3v) is 4.61. The second kappa shape index (κ2) is 6.67. The summed E-state index contributed by atoms with van der Waals surface area (Å²) in [6, 6.07) is 16.4. The molecule has 0 radical (unpaired) electrons. The highest BCUT2D eigenvalue weighted by molar-refractivity contribution is 5.41. The minimum Gasteiger partial charge on any atom is -0.491 e. The minimum absolute atomic E-state index is 0.112. The van der Waals surface area contributed by atoms with Crippen LogP contribution in [0.25, 0.3) is 0 Å². The quantitative estimate of drug-likeness (QED) is 0.543. The number of epoxide rings is 1. The minimum atomic E-state index is -0.219. The first-order chi connectivity index (χ1) is 12.1. The summed E-state index contributed by atoms with van der Waals surface area (Å²) in [5.41, 5.74) is 2.34. The van der Waals surface area contributed by atoms with E-state index in [9.17, 15) is 0 Å². The van der Waals surface area contributed by atoms with E-state index in [-0.39, 0.29) is 17.8 Å². The fourth-order valence-electron chi connectivity index (χ4n) is 2.71.